The second-order valence-corrected chi connectivity index (χ2v) is 6.70. The number of aromatic nitrogens is 4. The zero-order chi connectivity index (χ0) is 20.4. The van der Waals surface area contributed by atoms with Gasteiger partial charge in [0.2, 0.25) is 5.88 Å². The van der Waals surface area contributed by atoms with Gasteiger partial charge in [-0.1, -0.05) is 12.1 Å². The molecule has 0 bridgehead atoms. The van der Waals surface area contributed by atoms with Gasteiger partial charge in [0.25, 0.3) is 0 Å². The lowest BCUT2D eigenvalue weighted by Gasteiger charge is -2.07. The third kappa shape index (κ3) is 4.21. The van der Waals surface area contributed by atoms with Crippen molar-refractivity contribution in [3.63, 3.8) is 0 Å². The minimum absolute atomic E-state index is 0.432. The first-order chi connectivity index (χ1) is 13.9. The van der Waals surface area contributed by atoms with Crippen molar-refractivity contribution in [2.24, 2.45) is 0 Å². The summed E-state index contributed by atoms with van der Waals surface area (Å²) in [6.07, 6.45) is 4.43. The van der Waals surface area contributed by atoms with Gasteiger partial charge < -0.3 is 9.72 Å². The summed E-state index contributed by atoms with van der Waals surface area (Å²) in [6.45, 7) is 0. The molecular weight excluding hydrogens is 381 g/mol. The molecule has 0 fully saturated rings. The monoisotopic (exact) mass is 398 g/mol. The number of ether oxygens (including phenoxy) is 1. The van der Waals surface area contributed by atoms with Gasteiger partial charge in [-0.3, -0.25) is 4.98 Å². The minimum Gasteiger partial charge on any atom is -0.481 e. The van der Waals surface area contributed by atoms with E-state index in [1.165, 1.54) is 0 Å². The molecule has 0 spiro atoms. The Balaban J connectivity index is 1.57. The van der Waals surface area contributed by atoms with Gasteiger partial charge in [-0.15, -0.1) is 0 Å². The molecule has 0 aliphatic heterocycles. The molecule has 4 aromatic heterocycles. The molecule has 8 heteroatoms. The van der Waals surface area contributed by atoms with Crippen molar-refractivity contribution in [2.45, 2.75) is 19.0 Å². The Bertz CT molecular complexity index is 1140. The van der Waals surface area contributed by atoms with Crippen LogP contribution in [0.25, 0.3) is 11.0 Å². The standard InChI is InChI=1S/C21H17F3N4O/c1-29-19-3-2-13(10-26-19)4-14-5-15(9-25-8-14)6-16-11-27-20-18(16)7-17(12-28-20)21(22,23)24/h2-3,5,7-12H,4,6H2,1H3,(H,27,28). The largest absolute Gasteiger partial charge is 0.481 e. The van der Waals surface area contributed by atoms with Crippen LogP contribution in [0.15, 0.2) is 55.2 Å². The number of pyridine rings is 3. The molecule has 0 aromatic carbocycles. The van der Waals surface area contributed by atoms with E-state index in [1.54, 1.807) is 38.0 Å². The lowest BCUT2D eigenvalue weighted by atomic mass is 10.0. The van der Waals surface area contributed by atoms with Gasteiger partial charge in [0.1, 0.15) is 5.65 Å². The molecule has 0 radical (unpaired) electrons. The summed E-state index contributed by atoms with van der Waals surface area (Å²) in [6, 6.07) is 6.86. The maximum atomic E-state index is 13.0. The highest BCUT2D eigenvalue weighted by molar-refractivity contribution is 5.80. The maximum Gasteiger partial charge on any atom is 0.417 e. The Morgan fingerprint density at radius 2 is 1.72 bits per heavy atom. The van der Waals surface area contributed by atoms with Crippen LogP contribution in [-0.2, 0) is 19.0 Å². The molecule has 0 saturated heterocycles. The van der Waals surface area contributed by atoms with Crippen LogP contribution < -0.4 is 4.74 Å². The van der Waals surface area contributed by atoms with E-state index in [9.17, 15) is 13.2 Å². The van der Waals surface area contributed by atoms with Crippen molar-refractivity contribution in [3.05, 3.63) is 83.1 Å². The quantitative estimate of drug-likeness (QED) is 0.535. The molecule has 4 aromatic rings. The zero-order valence-corrected chi connectivity index (χ0v) is 15.5. The number of H-pyrrole nitrogens is 1. The van der Waals surface area contributed by atoms with E-state index >= 15 is 0 Å². The summed E-state index contributed by atoms with van der Waals surface area (Å²) in [7, 11) is 1.56. The van der Waals surface area contributed by atoms with E-state index in [0.717, 1.165) is 34.5 Å². The smallest absolute Gasteiger partial charge is 0.417 e. The van der Waals surface area contributed by atoms with E-state index in [0.29, 0.717) is 29.8 Å². The van der Waals surface area contributed by atoms with Crippen molar-refractivity contribution in [3.8, 4) is 5.88 Å². The first kappa shape index (κ1) is 18.9. The third-order valence-corrected chi connectivity index (χ3v) is 4.61. The maximum absolute atomic E-state index is 13.0. The Morgan fingerprint density at radius 1 is 0.931 bits per heavy atom. The topological polar surface area (TPSA) is 63.7 Å². The lowest BCUT2D eigenvalue weighted by molar-refractivity contribution is -0.137. The summed E-state index contributed by atoms with van der Waals surface area (Å²) < 4.78 is 44.1. The number of rotatable bonds is 5. The van der Waals surface area contributed by atoms with Gasteiger partial charge in [-0.05, 0) is 28.3 Å². The van der Waals surface area contributed by atoms with Crippen molar-refractivity contribution >= 4 is 11.0 Å². The van der Waals surface area contributed by atoms with Crippen LogP contribution >= 0.6 is 0 Å². The number of nitrogens with zero attached hydrogens (tertiary/aromatic N) is 3. The van der Waals surface area contributed by atoms with Crippen LogP contribution in [0.5, 0.6) is 5.88 Å². The molecule has 148 valence electrons. The van der Waals surface area contributed by atoms with Crippen molar-refractivity contribution in [1.29, 1.82) is 0 Å². The van der Waals surface area contributed by atoms with Crippen molar-refractivity contribution in [1.82, 2.24) is 19.9 Å². The Morgan fingerprint density at radius 3 is 2.41 bits per heavy atom. The molecule has 0 amide bonds. The molecule has 1 N–H and O–H groups in total. The summed E-state index contributed by atoms with van der Waals surface area (Å²) in [5.41, 5.74) is 3.32. The first-order valence-electron chi connectivity index (χ1n) is 8.87. The van der Waals surface area contributed by atoms with Crippen LogP contribution in [0.4, 0.5) is 13.2 Å². The average molecular weight is 398 g/mol. The third-order valence-electron chi connectivity index (χ3n) is 4.61. The number of fused-ring (bicyclic) bond motifs is 1. The second kappa shape index (κ2) is 7.54. The summed E-state index contributed by atoms with van der Waals surface area (Å²) >= 11 is 0. The Kier molecular flexibility index (Phi) is 4.92. The fourth-order valence-electron chi connectivity index (χ4n) is 3.19. The van der Waals surface area contributed by atoms with Gasteiger partial charge in [-0.25, -0.2) is 9.97 Å². The SMILES string of the molecule is COc1ccc(Cc2cncc(Cc3c[nH]c4ncc(C(F)(F)F)cc34)c2)cn1. The average Bonchev–Trinajstić information content (AvgIpc) is 3.10. The predicted octanol–water partition coefficient (Wildman–Crippen LogP) is 4.56. The number of alkyl halides is 3. The van der Waals surface area contributed by atoms with E-state index in [4.69, 9.17) is 4.74 Å². The molecule has 29 heavy (non-hydrogen) atoms. The minimum atomic E-state index is -4.43. The van der Waals surface area contributed by atoms with Crippen LogP contribution in [0.1, 0.15) is 27.8 Å². The van der Waals surface area contributed by atoms with Crippen LogP contribution in [0, 0.1) is 0 Å². The summed E-state index contributed by atoms with van der Waals surface area (Å²) in [5, 5.41) is 0.463. The number of hydrogen-bond donors (Lipinski definition) is 1. The molecule has 0 saturated carbocycles. The lowest BCUT2D eigenvalue weighted by Crippen LogP contribution is -2.05. The second-order valence-electron chi connectivity index (χ2n) is 6.70. The molecule has 5 nitrogen and oxygen atoms in total. The number of halogens is 3. The highest BCUT2D eigenvalue weighted by Crippen LogP contribution is 2.31. The molecule has 0 unspecified atom stereocenters. The molecule has 0 aliphatic rings. The molecular formula is C21H17F3N4O. The summed E-state index contributed by atoms with van der Waals surface area (Å²) in [4.78, 5) is 15.3. The molecule has 4 heterocycles. The van der Waals surface area contributed by atoms with Gasteiger partial charge in [0.15, 0.2) is 0 Å². The van der Waals surface area contributed by atoms with Crippen LogP contribution in [0.2, 0.25) is 0 Å². The number of hydrogen-bond acceptors (Lipinski definition) is 4. The van der Waals surface area contributed by atoms with E-state index in [2.05, 4.69) is 19.9 Å². The fourth-order valence-corrected chi connectivity index (χ4v) is 3.19. The van der Waals surface area contributed by atoms with E-state index in [-0.39, 0.29) is 0 Å². The first-order valence-corrected chi connectivity index (χ1v) is 8.87. The molecule has 0 aliphatic carbocycles. The van der Waals surface area contributed by atoms with Crippen molar-refractivity contribution in [2.75, 3.05) is 7.11 Å². The highest BCUT2D eigenvalue weighted by atomic mass is 19.4. The number of aromatic amines is 1. The Labute approximate surface area is 164 Å². The molecule has 0 atom stereocenters. The van der Waals surface area contributed by atoms with E-state index < -0.39 is 11.7 Å². The zero-order valence-electron chi connectivity index (χ0n) is 15.5. The summed E-state index contributed by atoms with van der Waals surface area (Å²) in [5.74, 6) is 0.548. The van der Waals surface area contributed by atoms with Gasteiger partial charge in [-0.2, -0.15) is 13.2 Å². The van der Waals surface area contributed by atoms with Gasteiger partial charge in [0.05, 0.1) is 12.7 Å². The van der Waals surface area contributed by atoms with Crippen LogP contribution in [0.3, 0.4) is 0 Å². The van der Waals surface area contributed by atoms with Crippen LogP contribution in [-0.4, -0.2) is 27.0 Å². The van der Waals surface area contributed by atoms with Gasteiger partial charge >= 0.3 is 6.18 Å². The number of methoxy groups -OCH3 is 1. The Hall–Kier alpha value is -3.42. The normalized spacial score (nSPS) is 11.7. The molecule has 4 rings (SSSR count). The van der Waals surface area contributed by atoms with Gasteiger partial charge in [0, 0.05) is 55.3 Å². The predicted molar refractivity (Wildman–Crippen MR) is 102 cm³/mol. The van der Waals surface area contributed by atoms with E-state index in [1.807, 2.05) is 12.1 Å². The van der Waals surface area contributed by atoms with Crippen molar-refractivity contribution < 1.29 is 17.9 Å². The highest BCUT2D eigenvalue weighted by Gasteiger charge is 2.31. The fraction of sp³-hybridized carbons (Fsp3) is 0.190. The number of nitrogens with one attached hydrogen (secondary N) is 1.